The van der Waals surface area contributed by atoms with Crippen LogP contribution in [0.4, 0.5) is 0 Å². The number of carbonyl (C=O) groups excluding carboxylic acids is 2. The van der Waals surface area contributed by atoms with Crippen molar-refractivity contribution in [3.05, 3.63) is 104 Å². The van der Waals surface area contributed by atoms with E-state index in [0.717, 1.165) is 93.0 Å². The second-order valence-electron chi connectivity index (χ2n) is 28.0. The molecule has 0 aliphatic carbocycles. The molecule has 12 rings (SSSR count). The Hall–Kier alpha value is -4.88. The van der Waals surface area contributed by atoms with Crippen molar-refractivity contribution < 1.29 is 9.59 Å². The summed E-state index contributed by atoms with van der Waals surface area (Å²) in [5.74, 6) is 2.57. The second-order valence-corrected chi connectivity index (χ2v) is 34.0. The highest BCUT2D eigenvalue weighted by molar-refractivity contribution is 7.34. The lowest BCUT2D eigenvalue weighted by atomic mass is 9.83. The number of imide groups is 1. The van der Waals surface area contributed by atoms with Crippen molar-refractivity contribution in [1.29, 1.82) is 0 Å². The maximum Gasteiger partial charge on any atom is 0.263 e. The topological polar surface area (TPSA) is 63.2 Å². The van der Waals surface area contributed by atoms with Gasteiger partial charge in [-0.1, -0.05) is 228 Å². The predicted octanol–water partition coefficient (Wildman–Crippen LogP) is 27.4. The third-order valence-electron chi connectivity index (χ3n) is 21.7. The van der Waals surface area contributed by atoms with Gasteiger partial charge in [0.05, 0.1) is 51.4 Å². The Bertz CT molecular complexity index is 4480. The summed E-state index contributed by atoms with van der Waals surface area (Å²) < 4.78 is 14.9. The van der Waals surface area contributed by atoms with Gasteiger partial charge in [-0.05, 0) is 149 Å². The van der Waals surface area contributed by atoms with Crippen LogP contribution in [0.2, 0.25) is 0 Å². The molecule has 0 N–H and O–H groups in total. The summed E-state index contributed by atoms with van der Waals surface area (Å²) in [7, 11) is 0. The highest BCUT2D eigenvalue weighted by atomic mass is 32.1. The van der Waals surface area contributed by atoms with E-state index in [1.807, 2.05) is 45.3 Å². The Labute approximate surface area is 579 Å². The van der Waals surface area contributed by atoms with Crippen LogP contribution < -0.4 is 0 Å². The molecule has 0 spiro atoms. The Morgan fingerprint density at radius 1 is 0.387 bits per heavy atom. The Kier molecular flexibility index (Phi) is 22.2. The number of aryl methyl sites for hydroxylation is 2. The number of hydrogen-bond acceptors (Lipinski definition) is 10. The number of carbonyl (C=O) groups is 2. The quantitative estimate of drug-likeness (QED) is 0.0385. The first-order chi connectivity index (χ1) is 45.3. The Morgan fingerprint density at radius 2 is 0.742 bits per heavy atom. The molecule has 11 aromatic rings. The largest absolute Gasteiger partial charge is 0.274 e. The molecule has 5 aromatic carbocycles. The third-order valence-corrected chi connectivity index (χ3v) is 28.5. The molecule has 7 heterocycles. The van der Waals surface area contributed by atoms with Crippen LogP contribution in [0.5, 0.6) is 0 Å². The maximum atomic E-state index is 15.8. The molecule has 5 unspecified atom stereocenters. The van der Waals surface area contributed by atoms with Crippen molar-refractivity contribution in [3.8, 4) is 29.9 Å². The number of fused-ring (bicyclic) bond motifs is 14. The molecule has 11 heteroatoms. The van der Waals surface area contributed by atoms with E-state index in [2.05, 4.69) is 144 Å². The van der Waals surface area contributed by atoms with Gasteiger partial charge in [0.15, 0.2) is 0 Å². The number of thiophene rings is 5. The summed E-state index contributed by atoms with van der Waals surface area (Å²) in [6.07, 6.45) is 28.3. The van der Waals surface area contributed by atoms with Crippen LogP contribution in [0.3, 0.4) is 0 Å². The lowest BCUT2D eigenvalue weighted by molar-refractivity contribution is 0.0624. The molecule has 492 valence electrons. The van der Waals surface area contributed by atoms with Gasteiger partial charge in [0, 0.05) is 53.2 Å². The van der Waals surface area contributed by atoms with E-state index in [1.165, 1.54) is 203 Å². The SMILES string of the molecule is CCCCC(CC)Cc1cc2c(cc1CC(CC)CCCC)c1cc(-c3sc(-c4cc5c6cc(CC(CC)CCCC)c(CC(CC)CCCC)cc6c6cc(-c7ccc(C)c8nsnc78)sc6c5s4)c4c3C(=O)N(CC(CC)CCCC)C4=O)sc1c1sc(C)cc21. The zero-order chi connectivity index (χ0) is 65.2. The summed E-state index contributed by atoms with van der Waals surface area (Å²) in [5, 5.41) is 10.5. The van der Waals surface area contributed by atoms with Crippen LogP contribution in [0, 0.1) is 43.4 Å². The molecule has 1 aliphatic heterocycles. The van der Waals surface area contributed by atoms with Crippen LogP contribution in [0.15, 0.2) is 60.7 Å². The van der Waals surface area contributed by atoms with Crippen molar-refractivity contribution in [2.45, 2.75) is 237 Å². The first-order valence-electron chi connectivity index (χ1n) is 36.4. The zero-order valence-corrected chi connectivity index (χ0v) is 62.8. The molecule has 0 saturated carbocycles. The van der Waals surface area contributed by atoms with Crippen molar-refractivity contribution in [1.82, 2.24) is 13.6 Å². The van der Waals surface area contributed by atoms with E-state index >= 15 is 9.59 Å². The van der Waals surface area contributed by atoms with Gasteiger partial charge >= 0.3 is 0 Å². The number of benzene rings is 5. The molecular weight excluding hydrogens is 1250 g/mol. The normalized spacial score (nSPS) is 14.7. The molecule has 2 amide bonds. The van der Waals surface area contributed by atoms with Gasteiger partial charge in [-0.15, -0.1) is 56.7 Å². The molecule has 93 heavy (non-hydrogen) atoms. The minimum atomic E-state index is -0.121. The van der Waals surface area contributed by atoms with E-state index in [0.29, 0.717) is 41.3 Å². The molecule has 5 atom stereocenters. The first-order valence-corrected chi connectivity index (χ1v) is 41.2. The summed E-state index contributed by atoms with van der Waals surface area (Å²) in [6.45, 7) is 28.3. The number of amides is 2. The number of nitrogens with zero attached hydrogens (tertiary/aromatic N) is 3. The summed E-state index contributed by atoms with van der Waals surface area (Å²) in [6, 6.07) is 24.8. The predicted molar refractivity (Wildman–Crippen MR) is 414 cm³/mol. The second kappa shape index (κ2) is 30.3. The molecule has 6 aromatic heterocycles. The van der Waals surface area contributed by atoms with Gasteiger partial charge in [-0.3, -0.25) is 14.5 Å². The summed E-state index contributed by atoms with van der Waals surface area (Å²) >= 11 is 10.5. The minimum absolute atomic E-state index is 0.118. The smallest absolute Gasteiger partial charge is 0.263 e. The summed E-state index contributed by atoms with van der Waals surface area (Å²) in [4.78, 5) is 39.8. The van der Waals surface area contributed by atoms with Crippen molar-refractivity contribution in [2.24, 2.45) is 29.6 Å². The van der Waals surface area contributed by atoms with Crippen molar-refractivity contribution in [2.75, 3.05) is 6.54 Å². The van der Waals surface area contributed by atoms with Gasteiger partial charge in [0.25, 0.3) is 11.8 Å². The van der Waals surface area contributed by atoms with Gasteiger partial charge < -0.3 is 0 Å². The molecule has 0 fully saturated rings. The number of aromatic nitrogens is 2. The summed E-state index contributed by atoms with van der Waals surface area (Å²) in [5.41, 5.74) is 11.6. The van der Waals surface area contributed by atoms with E-state index in [1.54, 1.807) is 21.8 Å². The third kappa shape index (κ3) is 13.5. The first kappa shape index (κ1) is 68.1. The van der Waals surface area contributed by atoms with Gasteiger partial charge in [0.1, 0.15) is 11.0 Å². The fourth-order valence-corrected chi connectivity index (χ4v) is 22.6. The van der Waals surface area contributed by atoms with Crippen LogP contribution >= 0.6 is 68.4 Å². The number of unbranched alkanes of at least 4 members (excludes halogenated alkanes) is 5. The molecule has 0 saturated heterocycles. The van der Waals surface area contributed by atoms with Crippen molar-refractivity contribution >= 4 is 153 Å². The zero-order valence-electron chi connectivity index (χ0n) is 57.9. The van der Waals surface area contributed by atoms with Gasteiger partial charge in [-0.2, -0.15) is 8.75 Å². The molecule has 5 nitrogen and oxygen atoms in total. The number of rotatable bonds is 33. The molecule has 0 bridgehead atoms. The molecule has 1 aliphatic rings. The lowest BCUT2D eigenvalue weighted by Crippen LogP contribution is -2.34. The van der Waals surface area contributed by atoms with Crippen LogP contribution in [0.25, 0.3) is 103 Å². The minimum Gasteiger partial charge on any atom is -0.274 e. The lowest BCUT2D eigenvalue weighted by Gasteiger charge is -2.22. The van der Waals surface area contributed by atoms with Crippen LogP contribution in [-0.2, 0) is 25.7 Å². The maximum absolute atomic E-state index is 15.8. The highest BCUT2D eigenvalue weighted by Crippen LogP contribution is 2.56. The molecular formula is C82H101N3O2S6. The fraction of sp³-hybridized carbons (Fsp3) is 0.512. The average Bonchev–Trinajstić information content (AvgIpc) is 1.59. The van der Waals surface area contributed by atoms with Gasteiger partial charge in [-0.25, -0.2) is 0 Å². The Balaban J connectivity index is 1.10. The fourth-order valence-electron chi connectivity index (χ4n) is 15.6. The van der Waals surface area contributed by atoms with E-state index in [9.17, 15) is 0 Å². The standard InChI is InChI=1S/C82H101N3O2S6/c1-13-23-28-50(18-6)36-55-40-60-61(41-56(55)37-51(19-7)29-24-14-2)66-45-69(90-76(66)75-64(60)35-49(12)88-75)79-71-72(82(87)85(81(71)86)47-54(22-10)32-27-17-5)80(92-79)70-46-67-63-43-58(39-53(21-9)31-26-16-4)57(38-52(20-8)30-25-15-3)42-62(63)65-44-68(89-77(65)78(67)91-70)59-34-33-48(11)73-74(59)84-93-83-73/h33-35,40-46,50-54H,13-32,36-39,47H2,1-12H3. The van der Waals surface area contributed by atoms with Crippen LogP contribution in [0.1, 0.15) is 251 Å². The average molecular weight is 1350 g/mol. The number of hydrogen-bond donors (Lipinski definition) is 0. The van der Waals surface area contributed by atoms with Crippen molar-refractivity contribution in [3.63, 3.8) is 0 Å². The monoisotopic (exact) mass is 1350 g/mol. The van der Waals surface area contributed by atoms with E-state index < -0.39 is 0 Å². The van der Waals surface area contributed by atoms with E-state index in [4.69, 9.17) is 8.75 Å². The van der Waals surface area contributed by atoms with E-state index in [-0.39, 0.29) is 17.7 Å². The highest BCUT2D eigenvalue weighted by Gasteiger charge is 2.44. The Morgan fingerprint density at radius 3 is 1.14 bits per heavy atom. The molecule has 0 radical (unpaired) electrons. The van der Waals surface area contributed by atoms with Crippen LogP contribution in [-0.4, -0.2) is 32.0 Å². The van der Waals surface area contributed by atoms with Gasteiger partial charge in [0.2, 0.25) is 0 Å².